The van der Waals surface area contributed by atoms with Crippen LogP contribution in [-0.4, -0.2) is 30.3 Å². The van der Waals surface area contributed by atoms with Crippen molar-refractivity contribution in [3.05, 3.63) is 64.7 Å². The van der Waals surface area contributed by atoms with Crippen LogP contribution in [0.15, 0.2) is 48.5 Å². The van der Waals surface area contributed by atoms with E-state index in [9.17, 15) is 19.2 Å². The van der Waals surface area contributed by atoms with E-state index in [1.54, 1.807) is 30.3 Å². The minimum atomic E-state index is -0.723. The molecule has 0 aromatic heterocycles. The Morgan fingerprint density at radius 3 is 2.46 bits per heavy atom. The first kappa shape index (κ1) is 19.6. The van der Waals surface area contributed by atoms with Crippen molar-refractivity contribution < 1.29 is 23.9 Å². The van der Waals surface area contributed by atoms with Crippen molar-refractivity contribution in [1.82, 2.24) is 5.32 Å². The summed E-state index contributed by atoms with van der Waals surface area (Å²) in [5.41, 5.74) is 1.28. The molecule has 0 unspecified atom stereocenters. The van der Waals surface area contributed by atoms with E-state index in [4.69, 9.17) is 16.3 Å². The topological polar surface area (TPSA) is 92.8 Å². The fourth-order valence-electron chi connectivity index (χ4n) is 2.75. The SMILES string of the molecule is O=C(COC(=O)c1cccc(N2C(=O)CCC2=O)c1)NCc1cccc(Cl)c1. The van der Waals surface area contributed by atoms with Gasteiger partial charge in [0.15, 0.2) is 6.61 Å². The quantitative estimate of drug-likeness (QED) is 0.594. The Balaban J connectivity index is 1.54. The average Bonchev–Trinajstić information content (AvgIpc) is 3.03. The molecule has 2 aromatic carbocycles. The van der Waals surface area contributed by atoms with Gasteiger partial charge in [0.2, 0.25) is 11.8 Å². The number of benzene rings is 2. The molecule has 7 nitrogen and oxygen atoms in total. The minimum absolute atomic E-state index is 0.146. The van der Waals surface area contributed by atoms with Crippen molar-refractivity contribution in [2.24, 2.45) is 0 Å². The lowest BCUT2D eigenvalue weighted by molar-refractivity contribution is -0.124. The molecule has 2 aromatic rings. The number of ether oxygens (including phenoxy) is 1. The molecule has 1 aliphatic rings. The number of carbonyl (C=O) groups excluding carboxylic acids is 4. The maximum absolute atomic E-state index is 12.2. The van der Waals surface area contributed by atoms with Crippen LogP contribution in [0.5, 0.6) is 0 Å². The summed E-state index contributed by atoms with van der Waals surface area (Å²) < 4.78 is 5.01. The molecule has 0 saturated carbocycles. The number of nitrogens with one attached hydrogen (secondary N) is 1. The van der Waals surface area contributed by atoms with Crippen molar-refractivity contribution in [1.29, 1.82) is 0 Å². The van der Waals surface area contributed by atoms with Gasteiger partial charge in [-0.3, -0.25) is 19.3 Å². The predicted molar refractivity (Wildman–Crippen MR) is 102 cm³/mol. The summed E-state index contributed by atoms with van der Waals surface area (Å²) >= 11 is 5.88. The molecule has 28 heavy (non-hydrogen) atoms. The van der Waals surface area contributed by atoms with Gasteiger partial charge in [-0.05, 0) is 35.9 Å². The van der Waals surface area contributed by atoms with Gasteiger partial charge in [-0.15, -0.1) is 0 Å². The number of nitrogens with zero attached hydrogens (tertiary/aromatic N) is 1. The lowest BCUT2D eigenvalue weighted by atomic mass is 10.2. The third-order valence-corrected chi connectivity index (χ3v) is 4.34. The Morgan fingerprint density at radius 1 is 1.04 bits per heavy atom. The van der Waals surface area contributed by atoms with Crippen molar-refractivity contribution in [2.75, 3.05) is 11.5 Å². The van der Waals surface area contributed by atoms with Crippen LogP contribution in [0.2, 0.25) is 5.02 Å². The van der Waals surface area contributed by atoms with Gasteiger partial charge < -0.3 is 10.1 Å². The van der Waals surface area contributed by atoms with Crippen LogP contribution >= 0.6 is 11.6 Å². The van der Waals surface area contributed by atoms with Crippen LogP contribution in [0.3, 0.4) is 0 Å². The van der Waals surface area contributed by atoms with E-state index in [0.717, 1.165) is 10.5 Å². The van der Waals surface area contributed by atoms with Crippen LogP contribution < -0.4 is 10.2 Å². The van der Waals surface area contributed by atoms with Gasteiger partial charge in [0, 0.05) is 24.4 Å². The molecule has 1 aliphatic heterocycles. The van der Waals surface area contributed by atoms with E-state index in [1.165, 1.54) is 12.1 Å². The summed E-state index contributed by atoms with van der Waals surface area (Å²) in [4.78, 5) is 48.8. The van der Waals surface area contributed by atoms with E-state index in [-0.39, 0.29) is 36.8 Å². The summed E-state index contributed by atoms with van der Waals surface area (Å²) in [5, 5.41) is 3.19. The van der Waals surface area contributed by atoms with Gasteiger partial charge >= 0.3 is 5.97 Å². The molecule has 3 rings (SSSR count). The maximum Gasteiger partial charge on any atom is 0.338 e. The van der Waals surface area contributed by atoms with E-state index in [0.29, 0.717) is 10.7 Å². The highest BCUT2D eigenvalue weighted by Crippen LogP contribution is 2.23. The summed E-state index contributed by atoms with van der Waals surface area (Å²) in [7, 11) is 0. The molecule has 8 heteroatoms. The molecule has 0 bridgehead atoms. The number of halogens is 1. The number of hydrogen-bond donors (Lipinski definition) is 1. The van der Waals surface area contributed by atoms with Crippen LogP contribution in [0, 0.1) is 0 Å². The number of carbonyl (C=O) groups is 4. The lowest BCUT2D eigenvalue weighted by Crippen LogP contribution is -2.29. The Bertz CT molecular complexity index is 928. The minimum Gasteiger partial charge on any atom is -0.452 e. The molecule has 0 spiro atoms. The van der Waals surface area contributed by atoms with Crippen molar-refractivity contribution in [3.63, 3.8) is 0 Å². The number of hydrogen-bond acceptors (Lipinski definition) is 5. The van der Waals surface area contributed by atoms with E-state index >= 15 is 0 Å². The fourth-order valence-corrected chi connectivity index (χ4v) is 2.96. The first-order valence-corrected chi connectivity index (χ1v) is 8.96. The average molecular weight is 401 g/mol. The zero-order valence-corrected chi connectivity index (χ0v) is 15.6. The second kappa shape index (κ2) is 8.67. The van der Waals surface area contributed by atoms with Crippen molar-refractivity contribution >= 4 is 41.0 Å². The Labute approximate surface area is 166 Å². The van der Waals surface area contributed by atoms with E-state index in [2.05, 4.69) is 5.32 Å². The molecular formula is C20H17ClN2O5. The molecular weight excluding hydrogens is 384 g/mol. The van der Waals surface area contributed by atoms with E-state index in [1.807, 2.05) is 6.07 Å². The lowest BCUT2D eigenvalue weighted by Gasteiger charge is -2.14. The van der Waals surface area contributed by atoms with Crippen LogP contribution in [-0.2, 0) is 25.7 Å². The molecule has 1 N–H and O–H groups in total. The van der Waals surface area contributed by atoms with Gasteiger partial charge in [-0.1, -0.05) is 29.8 Å². The summed E-state index contributed by atoms with van der Waals surface area (Å²) in [6, 6.07) is 13.0. The van der Waals surface area contributed by atoms with Gasteiger partial charge in [-0.25, -0.2) is 4.79 Å². The monoisotopic (exact) mass is 400 g/mol. The van der Waals surface area contributed by atoms with Gasteiger partial charge in [0.25, 0.3) is 5.91 Å². The van der Waals surface area contributed by atoms with Gasteiger partial charge in [0.05, 0.1) is 11.3 Å². The molecule has 0 aliphatic carbocycles. The number of anilines is 1. The standard InChI is InChI=1S/C20H17ClN2O5/c21-15-5-1-3-13(9-15)11-22-17(24)12-28-20(27)14-4-2-6-16(10-14)23-18(25)7-8-19(23)26/h1-6,9-10H,7-8,11-12H2,(H,22,24). The highest BCUT2D eigenvalue weighted by Gasteiger charge is 2.30. The van der Waals surface area contributed by atoms with Crippen LogP contribution in [0.1, 0.15) is 28.8 Å². The maximum atomic E-state index is 12.2. The van der Waals surface area contributed by atoms with Crippen LogP contribution in [0.25, 0.3) is 0 Å². The predicted octanol–water partition coefficient (Wildman–Crippen LogP) is 2.47. The van der Waals surface area contributed by atoms with Gasteiger partial charge in [-0.2, -0.15) is 0 Å². The highest BCUT2D eigenvalue weighted by atomic mass is 35.5. The summed E-state index contributed by atoms with van der Waals surface area (Å²) in [5.74, 6) is -1.81. The first-order chi connectivity index (χ1) is 13.4. The molecule has 1 fully saturated rings. The largest absolute Gasteiger partial charge is 0.452 e. The molecule has 0 atom stereocenters. The molecule has 3 amide bonds. The first-order valence-electron chi connectivity index (χ1n) is 8.58. The Kier molecular flexibility index (Phi) is 6.06. The van der Waals surface area contributed by atoms with Crippen molar-refractivity contribution in [2.45, 2.75) is 19.4 Å². The molecule has 1 heterocycles. The van der Waals surface area contributed by atoms with Gasteiger partial charge in [0.1, 0.15) is 0 Å². The second-order valence-corrected chi connectivity index (χ2v) is 6.59. The third-order valence-electron chi connectivity index (χ3n) is 4.10. The Morgan fingerprint density at radius 2 is 1.75 bits per heavy atom. The number of rotatable bonds is 6. The second-order valence-electron chi connectivity index (χ2n) is 6.16. The fraction of sp³-hybridized carbons (Fsp3) is 0.200. The van der Waals surface area contributed by atoms with Crippen molar-refractivity contribution in [3.8, 4) is 0 Å². The summed E-state index contributed by atoms with van der Waals surface area (Å²) in [6.07, 6.45) is 0.306. The van der Waals surface area contributed by atoms with Crippen LogP contribution in [0.4, 0.5) is 5.69 Å². The molecule has 0 radical (unpaired) electrons. The summed E-state index contributed by atoms with van der Waals surface area (Å²) in [6.45, 7) is -0.198. The zero-order chi connectivity index (χ0) is 20.1. The molecule has 144 valence electrons. The Hall–Kier alpha value is -3.19. The van der Waals surface area contributed by atoms with E-state index < -0.39 is 18.5 Å². The highest BCUT2D eigenvalue weighted by molar-refractivity contribution is 6.30. The third kappa shape index (κ3) is 4.75. The number of amides is 3. The zero-order valence-electron chi connectivity index (χ0n) is 14.8. The smallest absolute Gasteiger partial charge is 0.338 e. The number of esters is 1. The normalized spacial score (nSPS) is 13.5. The number of imide groups is 1. The molecule has 1 saturated heterocycles.